The van der Waals surface area contributed by atoms with Gasteiger partial charge in [-0.05, 0) is 0 Å². The van der Waals surface area contributed by atoms with Crippen molar-refractivity contribution in [1.82, 2.24) is 0 Å². The molecule has 8 nitrogen and oxygen atoms in total. The Bertz CT molecular complexity index is 201. The summed E-state index contributed by atoms with van der Waals surface area (Å²) in [7, 11) is 0. The Morgan fingerprint density at radius 3 is 1.47 bits per heavy atom. The lowest BCUT2D eigenvalue weighted by Gasteiger charge is -2.29. The highest BCUT2D eigenvalue weighted by Crippen LogP contribution is 2.12. The van der Waals surface area contributed by atoms with Crippen LogP contribution in [0.3, 0.4) is 0 Å². The summed E-state index contributed by atoms with van der Waals surface area (Å²) in [6.07, 6.45) is -10.5. The molecule has 0 fully saturated rings. The van der Waals surface area contributed by atoms with Crippen LogP contribution in [-0.4, -0.2) is 90.7 Å². The third-order valence-corrected chi connectivity index (χ3v) is 2.40. The minimum absolute atomic E-state index is 0.406. The van der Waals surface area contributed by atoms with Gasteiger partial charge in [0.25, 0.3) is 0 Å². The molecule has 8 heteroatoms. The topological polar surface area (TPSA) is 162 Å². The van der Waals surface area contributed by atoms with Crippen molar-refractivity contribution in [2.24, 2.45) is 0 Å². The normalized spacial score (nSPS) is 22.6. The molecule has 104 valence electrons. The second-order valence-corrected chi connectivity index (χ2v) is 3.86. The molecule has 0 radical (unpaired) electrons. The summed E-state index contributed by atoms with van der Waals surface area (Å²) in [5.74, 6) is 0. The molecule has 0 bridgehead atoms. The lowest BCUT2D eigenvalue weighted by atomic mass is 9.96. The molecular weight excluding hydrogens is 236 g/mol. The summed E-state index contributed by atoms with van der Waals surface area (Å²) in [5.41, 5.74) is 0. The predicted molar refractivity (Wildman–Crippen MR) is 54.8 cm³/mol. The maximum Gasteiger partial charge on any atom is 0.111 e. The first kappa shape index (κ1) is 16.7. The second kappa shape index (κ2) is 7.90. The smallest absolute Gasteiger partial charge is 0.111 e. The molecule has 0 aliphatic rings. The van der Waals surface area contributed by atoms with E-state index < -0.39 is 56.3 Å². The molecule has 0 spiro atoms. The molecule has 8 N–H and O–H groups in total. The molecule has 0 aliphatic heterocycles. The zero-order valence-electron chi connectivity index (χ0n) is 9.16. The largest absolute Gasteiger partial charge is 0.394 e. The molecule has 0 saturated heterocycles. The van der Waals surface area contributed by atoms with E-state index in [0.29, 0.717) is 0 Å². The van der Waals surface area contributed by atoms with E-state index in [0.717, 1.165) is 0 Å². The van der Waals surface area contributed by atoms with Crippen LogP contribution < -0.4 is 0 Å². The van der Waals surface area contributed by atoms with Gasteiger partial charge in [-0.15, -0.1) is 0 Å². The highest BCUT2D eigenvalue weighted by atomic mass is 16.4. The van der Waals surface area contributed by atoms with Gasteiger partial charge in [-0.1, -0.05) is 0 Å². The van der Waals surface area contributed by atoms with E-state index in [9.17, 15) is 20.4 Å². The van der Waals surface area contributed by atoms with E-state index in [1.54, 1.807) is 0 Å². The van der Waals surface area contributed by atoms with Crippen LogP contribution in [0.1, 0.15) is 6.42 Å². The van der Waals surface area contributed by atoms with Crippen LogP contribution in [0.2, 0.25) is 0 Å². The van der Waals surface area contributed by atoms with E-state index in [1.165, 1.54) is 0 Å². The van der Waals surface area contributed by atoms with Gasteiger partial charge in [0.15, 0.2) is 0 Å². The Hall–Kier alpha value is -0.320. The van der Waals surface area contributed by atoms with Crippen molar-refractivity contribution < 1.29 is 40.9 Å². The van der Waals surface area contributed by atoms with Gasteiger partial charge in [0, 0.05) is 6.42 Å². The monoisotopic (exact) mass is 256 g/mol. The van der Waals surface area contributed by atoms with Gasteiger partial charge >= 0.3 is 0 Å². The van der Waals surface area contributed by atoms with Crippen molar-refractivity contribution in [3.63, 3.8) is 0 Å². The summed E-state index contributed by atoms with van der Waals surface area (Å²) in [5, 5.41) is 72.4. The third kappa shape index (κ3) is 5.23. The van der Waals surface area contributed by atoms with Gasteiger partial charge in [-0.25, -0.2) is 0 Å². The van der Waals surface area contributed by atoms with Crippen LogP contribution >= 0.6 is 0 Å². The minimum Gasteiger partial charge on any atom is -0.394 e. The summed E-state index contributed by atoms with van der Waals surface area (Å²) >= 11 is 0. The first-order valence-electron chi connectivity index (χ1n) is 5.15. The molecule has 0 saturated carbocycles. The van der Waals surface area contributed by atoms with Crippen molar-refractivity contribution in [3.05, 3.63) is 0 Å². The first-order valence-corrected chi connectivity index (χ1v) is 5.15. The molecule has 0 amide bonds. The molecule has 2 unspecified atom stereocenters. The Balaban J connectivity index is 4.32. The Kier molecular flexibility index (Phi) is 7.75. The van der Waals surface area contributed by atoms with Crippen LogP contribution in [-0.2, 0) is 0 Å². The van der Waals surface area contributed by atoms with Gasteiger partial charge < -0.3 is 40.9 Å². The molecule has 17 heavy (non-hydrogen) atoms. The van der Waals surface area contributed by atoms with Gasteiger partial charge in [0.1, 0.15) is 24.4 Å². The molecule has 0 aromatic heterocycles. The Morgan fingerprint density at radius 2 is 1.06 bits per heavy atom. The van der Waals surface area contributed by atoms with Crippen LogP contribution in [0.15, 0.2) is 0 Å². The van der Waals surface area contributed by atoms with E-state index >= 15 is 0 Å². The van der Waals surface area contributed by atoms with Crippen molar-refractivity contribution in [1.29, 1.82) is 0 Å². The molecule has 6 atom stereocenters. The lowest BCUT2D eigenvalue weighted by molar-refractivity contribution is -0.145. The highest BCUT2D eigenvalue weighted by Gasteiger charge is 2.34. The standard InChI is InChI=1S/C9H20O8/c10-2-4(12)1-5(13)7(15)9(17)8(16)6(14)3-11/h4-17H,1-3H2/t4?,5?,6-,7+,8-,9-/m1/s1. The Labute approximate surface area is 98.0 Å². The van der Waals surface area contributed by atoms with Gasteiger partial charge in [0.05, 0.1) is 25.4 Å². The van der Waals surface area contributed by atoms with Crippen molar-refractivity contribution >= 4 is 0 Å². The zero-order valence-corrected chi connectivity index (χ0v) is 9.16. The van der Waals surface area contributed by atoms with Crippen LogP contribution in [0.4, 0.5) is 0 Å². The number of hydrogen-bond donors (Lipinski definition) is 8. The van der Waals surface area contributed by atoms with Crippen LogP contribution in [0, 0.1) is 0 Å². The van der Waals surface area contributed by atoms with E-state index in [4.69, 9.17) is 20.4 Å². The predicted octanol–water partition coefficient (Wildman–Crippen LogP) is -4.47. The quantitative estimate of drug-likeness (QED) is 0.215. The van der Waals surface area contributed by atoms with Gasteiger partial charge in [-0.3, -0.25) is 0 Å². The maximum atomic E-state index is 9.40. The SMILES string of the molecule is OCC(O)CC(O)[C@H](O)[C@@H](O)[C@H](O)[C@H](O)CO. The second-order valence-electron chi connectivity index (χ2n) is 3.86. The molecule has 0 heterocycles. The molecule has 0 aliphatic carbocycles. The van der Waals surface area contributed by atoms with Crippen LogP contribution in [0.25, 0.3) is 0 Å². The number of aliphatic hydroxyl groups excluding tert-OH is 8. The van der Waals surface area contributed by atoms with E-state index in [2.05, 4.69) is 0 Å². The molecule has 0 rings (SSSR count). The maximum absolute atomic E-state index is 9.40. The average Bonchev–Trinajstić information content (AvgIpc) is 2.34. The molecular formula is C9H20O8. The number of aliphatic hydroxyl groups is 8. The van der Waals surface area contributed by atoms with Gasteiger partial charge in [0.2, 0.25) is 0 Å². The van der Waals surface area contributed by atoms with Gasteiger partial charge in [-0.2, -0.15) is 0 Å². The van der Waals surface area contributed by atoms with Crippen LogP contribution in [0.5, 0.6) is 0 Å². The fourth-order valence-corrected chi connectivity index (χ4v) is 1.26. The minimum atomic E-state index is -1.89. The molecule has 0 aromatic carbocycles. The Morgan fingerprint density at radius 1 is 0.588 bits per heavy atom. The third-order valence-electron chi connectivity index (χ3n) is 2.40. The van der Waals surface area contributed by atoms with Crippen molar-refractivity contribution in [3.8, 4) is 0 Å². The fourth-order valence-electron chi connectivity index (χ4n) is 1.26. The highest BCUT2D eigenvalue weighted by molar-refractivity contribution is 4.85. The zero-order chi connectivity index (χ0) is 13.6. The number of rotatable bonds is 8. The van der Waals surface area contributed by atoms with Crippen molar-refractivity contribution in [2.75, 3.05) is 13.2 Å². The lowest BCUT2D eigenvalue weighted by Crippen LogP contribution is -2.50. The summed E-state index contributed by atoms with van der Waals surface area (Å²) in [6, 6.07) is 0. The van der Waals surface area contributed by atoms with E-state index in [-0.39, 0.29) is 0 Å². The average molecular weight is 256 g/mol. The van der Waals surface area contributed by atoms with Crippen molar-refractivity contribution in [2.45, 2.75) is 43.0 Å². The van der Waals surface area contributed by atoms with E-state index in [1.807, 2.05) is 0 Å². The summed E-state index contributed by atoms with van der Waals surface area (Å²) < 4.78 is 0. The first-order chi connectivity index (χ1) is 7.84. The summed E-state index contributed by atoms with van der Waals surface area (Å²) in [4.78, 5) is 0. The number of hydrogen-bond acceptors (Lipinski definition) is 8. The molecule has 0 aromatic rings. The fraction of sp³-hybridized carbons (Fsp3) is 1.00. The summed E-state index contributed by atoms with van der Waals surface area (Å²) in [6.45, 7) is -1.44.